The second-order valence-electron chi connectivity index (χ2n) is 6.24. The van der Waals surface area contributed by atoms with Crippen molar-refractivity contribution in [3.8, 4) is 11.1 Å². The molecule has 26 heavy (non-hydrogen) atoms. The lowest BCUT2D eigenvalue weighted by atomic mass is 10.0. The minimum atomic E-state index is -0.243. The first kappa shape index (κ1) is 18.2. The van der Waals surface area contributed by atoms with E-state index in [0.717, 1.165) is 16.7 Å². The molecule has 1 amide bonds. The Kier molecular flexibility index (Phi) is 5.76. The molecule has 0 bridgehead atoms. The first-order valence-corrected chi connectivity index (χ1v) is 8.77. The molecule has 0 radical (unpaired) electrons. The molecule has 0 saturated heterocycles. The summed E-state index contributed by atoms with van der Waals surface area (Å²) in [6, 6.07) is 19.1. The SMILES string of the molecule is CN(C)[C@H](CNC(=O)c1occc1-c1ccccc1)c1ccccc1Cl. The van der Waals surface area contributed by atoms with Crippen molar-refractivity contribution < 1.29 is 9.21 Å². The summed E-state index contributed by atoms with van der Waals surface area (Å²) in [6.45, 7) is 0.421. The highest BCUT2D eigenvalue weighted by molar-refractivity contribution is 6.31. The molecule has 2 aromatic carbocycles. The zero-order valence-corrected chi connectivity index (χ0v) is 15.5. The Balaban J connectivity index is 1.77. The van der Waals surface area contributed by atoms with Gasteiger partial charge in [0.1, 0.15) is 0 Å². The van der Waals surface area contributed by atoms with Crippen LogP contribution in [0.15, 0.2) is 71.3 Å². The van der Waals surface area contributed by atoms with E-state index in [1.54, 1.807) is 0 Å². The molecule has 134 valence electrons. The zero-order valence-electron chi connectivity index (χ0n) is 14.8. The number of halogens is 1. The molecule has 1 heterocycles. The highest BCUT2D eigenvalue weighted by Gasteiger charge is 2.21. The van der Waals surface area contributed by atoms with Gasteiger partial charge < -0.3 is 14.6 Å². The molecule has 0 fully saturated rings. The summed E-state index contributed by atoms with van der Waals surface area (Å²) in [5.74, 6) is 0.0700. The van der Waals surface area contributed by atoms with Crippen LogP contribution in [0, 0.1) is 0 Å². The molecule has 1 atom stereocenters. The van der Waals surface area contributed by atoms with Crippen molar-refractivity contribution in [2.45, 2.75) is 6.04 Å². The molecule has 0 aliphatic rings. The first-order chi connectivity index (χ1) is 12.6. The van der Waals surface area contributed by atoms with Gasteiger partial charge in [-0.2, -0.15) is 0 Å². The van der Waals surface area contributed by atoms with Crippen molar-refractivity contribution in [1.82, 2.24) is 10.2 Å². The van der Waals surface area contributed by atoms with Gasteiger partial charge >= 0.3 is 0 Å². The summed E-state index contributed by atoms with van der Waals surface area (Å²) in [5, 5.41) is 3.65. The van der Waals surface area contributed by atoms with E-state index < -0.39 is 0 Å². The summed E-state index contributed by atoms with van der Waals surface area (Å²) < 4.78 is 5.45. The van der Waals surface area contributed by atoms with Crippen molar-refractivity contribution in [3.05, 3.63) is 83.3 Å². The van der Waals surface area contributed by atoms with E-state index in [9.17, 15) is 4.79 Å². The summed E-state index contributed by atoms with van der Waals surface area (Å²) in [7, 11) is 3.92. The number of nitrogens with one attached hydrogen (secondary N) is 1. The molecule has 0 aliphatic carbocycles. The van der Waals surface area contributed by atoms with E-state index in [4.69, 9.17) is 16.0 Å². The molecule has 1 aromatic heterocycles. The van der Waals surface area contributed by atoms with Crippen LogP contribution in [0.2, 0.25) is 5.02 Å². The number of hydrogen-bond donors (Lipinski definition) is 1. The van der Waals surface area contributed by atoms with Gasteiger partial charge in [0.2, 0.25) is 0 Å². The van der Waals surface area contributed by atoms with E-state index in [1.165, 1.54) is 6.26 Å². The smallest absolute Gasteiger partial charge is 0.287 e. The summed E-state index contributed by atoms with van der Waals surface area (Å²) in [4.78, 5) is 14.7. The third-order valence-corrected chi connectivity index (χ3v) is 4.64. The average Bonchev–Trinajstić information content (AvgIpc) is 3.13. The molecular formula is C21H21ClN2O2. The molecule has 0 saturated carbocycles. The standard InChI is InChI=1S/C21H21ClN2O2/c1-24(2)19(17-10-6-7-11-18(17)22)14-23-21(25)20-16(12-13-26-20)15-8-4-3-5-9-15/h3-13,19H,14H2,1-2H3,(H,23,25)/t19-/m1/s1. The number of carbonyl (C=O) groups is 1. The molecule has 3 rings (SSSR count). The summed E-state index contributed by atoms with van der Waals surface area (Å²) in [5.41, 5.74) is 2.70. The van der Waals surface area contributed by atoms with E-state index in [-0.39, 0.29) is 11.9 Å². The van der Waals surface area contributed by atoms with Gasteiger partial charge in [-0.05, 0) is 37.4 Å². The maximum Gasteiger partial charge on any atom is 0.287 e. The monoisotopic (exact) mass is 368 g/mol. The van der Waals surface area contributed by atoms with Crippen LogP contribution in [-0.4, -0.2) is 31.4 Å². The lowest BCUT2D eigenvalue weighted by molar-refractivity contribution is 0.0915. The van der Waals surface area contributed by atoms with E-state index in [1.807, 2.05) is 79.7 Å². The second-order valence-corrected chi connectivity index (χ2v) is 6.65. The second kappa shape index (κ2) is 8.21. The van der Waals surface area contributed by atoms with Crippen LogP contribution in [0.4, 0.5) is 0 Å². The van der Waals surface area contributed by atoms with Gasteiger partial charge in [-0.15, -0.1) is 0 Å². The Bertz CT molecular complexity index is 874. The topological polar surface area (TPSA) is 45.5 Å². The number of benzene rings is 2. The molecule has 0 unspecified atom stereocenters. The molecule has 1 N–H and O–H groups in total. The van der Waals surface area contributed by atoms with Gasteiger partial charge in [-0.25, -0.2) is 0 Å². The Labute approximate surface area is 158 Å². The molecular weight excluding hydrogens is 348 g/mol. The van der Waals surface area contributed by atoms with Gasteiger partial charge in [0, 0.05) is 17.1 Å². The van der Waals surface area contributed by atoms with Gasteiger partial charge in [0.05, 0.1) is 12.3 Å². The number of likely N-dealkylation sites (N-methyl/N-ethyl adjacent to an activating group) is 1. The van der Waals surface area contributed by atoms with Crippen molar-refractivity contribution in [3.63, 3.8) is 0 Å². The van der Waals surface area contributed by atoms with Crippen molar-refractivity contribution >= 4 is 17.5 Å². The Morgan fingerprint density at radius 3 is 2.46 bits per heavy atom. The molecule has 5 heteroatoms. The van der Waals surface area contributed by atoms with Crippen LogP contribution in [0.25, 0.3) is 11.1 Å². The number of carbonyl (C=O) groups excluding carboxylic acids is 1. The maximum atomic E-state index is 12.7. The predicted octanol–water partition coefficient (Wildman–Crippen LogP) is 4.63. The Morgan fingerprint density at radius 2 is 1.77 bits per heavy atom. The van der Waals surface area contributed by atoms with Gasteiger partial charge in [-0.1, -0.05) is 60.1 Å². The van der Waals surface area contributed by atoms with Crippen LogP contribution in [0.3, 0.4) is 0 Å². The highest BCUT2D eigenvalue weighted by atomic mass is 35.5. The van der Waals surface area contributed by atoms with Crippen LogP contribution in [0.1, 0.15) is 22.2 Å². The van der Waals surface area contributed by atoms with Crippen molar-refractivity contribution in [1.29, 1.82) is 0 Å². The van der Waals surface area contributed by atoms with Gasteiger partial charge in [-0.3, -0.25) is 4.79 Å². The number of rotatable bonds is 6. The fraction of sp³-hybridized carbons (Fsp3) is 0.190. The normalized spacial score (nSPS) is 12.2. The lowest BCUT2D eigenvalue weighted by Crippen LogP contribution is -2.34. The quantitative estimate of drug-likeness (QED) is 0.689. The van der Waals surface area contributed by atoms with E-state index in [2.05, 4.69) is 5.32 Å². The Morgan fingerprint density at radius 1 is 1.08 bits per heavy atom. The molecule has 3 aromatic rings. The van der Waals surface area contributed by atoms with Crippen molar-refractivity contribution in [2.75, 3.05) is 20.6 Å². The maximum absolute atomic E-state index is 12.7. The fourth-order valence-corrected chi connectivity index (χ4v) is 3.18. The van der Waals surface area contributed by atoms with Gasteiger partial charge in [0.25, 0.3) is 5.91 Å². The zero-order chi connectivity index (χ0) is 18.5. The van der Waals surface area contributed by atoms with Crippen LogP contribution < -0.4 is 5.32 Å². The third-order valence-electron chi connectivity index (χ3n) is 4.30. The number of furan rings is 1. The van der Waals surface area contributed by atoms with E-state index in [0.29, 0.717) is 17.3 Å². The largest absolute Gasteiger partial charge is 0.459 e. The van der Waals surface area contributed by atoms with Crippen LogP contribution >= 0.6 is 11.6 Å². The first-order valence-electron chi connectivity index (χ1n) is 8.40. The van der Waals surface area contributed by atoms with Crippen molar-refractivity contribution in [2.24, 2.45) is 0 Å². The summed E-state index contributed by atoms with van der Waals surface area (Å²) in [6.07, 6.45) is 1.54. The predicted molar refractivity (Wildman–Crippen MR) is 104 cm³/mol. The molecule has 0 aliphatic heterocycles. The van der Waals surface area contributed by atoms with Crippen LogP contribution in [0.5, 0.6) is 0 Å². The fourth-order valence-electron chi connectivity index (χ4n) is 2.92. The minimum Gasteiger partial charge on any atom is -0.459 e. The third kappa shape index (κ3) is 3.98. The number of amides is 1. The van der Waals surface area contributed by atoms with Crippen LogP contribution in [-0.2, 0) is 0 Å². The average molecular weight is 369 g/mol. The molecule has 4 nitrogen and oxygen atoms in total. The van der Waals surface area contributed by atoms with Gasteiger partial charge in [0.15, 0.2) is 5.76 Å². The number of nitrogens with zero attached hydrogens (tertiary/aromatic N) is 1. The highest BCUT2D eigenvalue weighted by Crippen LogP contribution is 2.27. The summed E-state index contributed by atoms with van der Waals surface area (Å²) >= 11 is 6.33. The lowest BCUT2D eigenvalue weighted by Gasteiger charge is -2.25. The Hall–Kier alpha value is -2.56. The van der Waals surface area contributed by atoms with E-state index >= 15 is 0 Å². The minimum absolute atomic E-state index is 0.0391. The molecule has 0 spiro atoms. The number of hydrogen-bond acceptors (Lipinski definition) is 3.